The molecule has 6 heteroatoms. The molecule has 0 heterocycles. The molecule has 0 aliphatic heterocycles. The Morgan fingerprint density at radius 3 is 2.57 bits per heavy atom. The van der Waals surface area contributed by atoms with Gasteiger partial charge in [0.2, 0.25) is 0 Å². The molecule has 0 saturated heterocycles. The van der Waals surface area contributed by atoms with Gasteiger partial charge in [0.15, 0.2) is 5.96 Å². The quantitative estimate of drug-likeness (QED) is 0.372. The Morgan fingerprint density at radius 2 is 2.10 bits per heavy atom. The van der Waals surface area contributed by atoms with Crippen LogP contribution in [0.5, 0.6) is 0 Å². The van der Waals surface area contributed by atoms with Crippen molar-refractivity contribution in [2.24, 2.45) is 4.99 Å². The number of nitrogens with one attached hydrogen (secondary N) is 2. The van der Waals surface area contributed by atoms with Crippen LogP contribution >= 0.6 is 35.7 Å². The van der Waals surface area contributed by atoms with Crippen LogP contribution in [0.15, 0.2) is 4.99 Å². The summed E-state index contributed by atoms with van der Waals surface area (Å²) in [6, 6.07) is 1.19. The third-order valence-electron chi connectivity index (χ3n) is 4.11. The molecule has 0 aromatic heterocycles. The van der Waals surface area contributed by atoms with E-state index in [0.717, 1.165) is 30.8 Å². The van der Waals surface area contributed by atoms with Crippen molar-refractivity contribution in [3.05, 3.63) is 0 Å². The zero-order valence-electron chi connectivity index (χ0n) is 14.2. The fraction of sp³-hybridized carbons (Fsp3) is 0.933. The van der Waals surface area contributed by atoms with Crippen LogP contribution in [0.1, 0.15) is 40.0 Å². The first kappa shape index (κ1) is 21.3. The van der Waals surface area contributed by atoms with Crippen LogP contribution in [0.3, 0.4) is 0 Å². The first-order valence-electron chi connectivity index (χ1n) is 7.84. The van der Waals surface area contributed by atoms with Gasteiger partial charge in [-0.2, -0.15) is 11.8 Å². The highest BCUT2D eigenvalue weighted by molar-refractivity contribution is 14.0. The standard InChI is InChI=1S/C15H32N4S.HI/c1-6-19(12(2)3)10-9-17-15(16-4)18-13-7-8-14(11-13)20-5;/h12-14H,6-11H2,1-5H3,(H2,16,17,18);1H. The van der Waals surface area contributed by atoms with Gasteiger partial charge in [0.05, 0.1) is 0 Å². The van der Waals surface area contributed by atoms with Crippen molar-refractivity contribution >= 4 is 41.7 Å². The molecule has 0 aromatic rings. The van der Waals surface area contributed by atoms with Crippen molar-refractivity contribution < 1.29 is 0 Å². The number of hydrogen-bond acceptors (Lipinski definition) is 3. The molecular formula is C15H33IN4S. The fourth-order valence-corrected chi connectivity index (χ4v) is 3.57. The lowest BCUT2D eigenvalue weighted by Crippen LogP contribution is -2.46. The minimum atomic E-state index is 0. The highest BCUT2D eigenvalue weighted by atomic mass is 127. The average molecular weight is 428 g/mol. The molecule has 0 bridgehead atoms. The zero-order valence-corrected chi connectivity index (χ0v) is 17.3. The van der Waals surface area contributed by atoms with Crippen molar-refractivity contribution in [1.29, 1.82) is 0 Å². The van der Waals surface area contributed by atoms with E-state index in [1.165, 1.54) is 19.3 Å². The van der Waals surface area contributed by atoms with Crippen LogP contribution in [-0.4, -0.2) is 61.1 Å². The van der Waals surface area contributed by atoms with Gasteiger partial charge in [-0.3, -0.25) is 9.89 Å². The van der Waals surface area contributed by atoms with Gasteiger partial charge in [0, 0.05) is 37.5 Å². The van der Waals surface area contributed by atoms with Gasteiger partial charge in [0.25, 0.3) is 0 Å². The van der Waals surface area contributed by atoms with Gasteiger partial charge >= 0.3 is 0 Å². The summed E-state index contributed by atoms with van der Waals surface area (Å²) in [5, 5.41) is 7.82. The molecule has 2 unspecified atom stereocenters. The largest absolute Gasteiger partial charge is 0.355 e. The second-order valence-electron chi connectivity index (χ2n) is 5.73. The van der Waals surface area contributed by atoms with Crippen molar-refractivity contribution in [2.45, 2.75) is 57.4 Å². The molecule has 0 spiro atoms. The maximum atomic E-state index is 4.34. The van der Waals surface area contributed by atoms with Crippen molar-refractivity contribution in [3.63, 3.8) is 0 Å². The summed E-state index contributed by atoms with van der Waals surface area (Å²) >= 11 is 1.99. The Labute approximate surface area is 152 Å². The molecule has 1 saturated carbocycles. The lowest BCUT2D eigenvalue weighted by molar-refractivity contribution is 0.237. The van der Waals surface area contributed by atoms with Crippen molar-refractivity contribution in [3.8, 4) is 0 Å². The van der Waals surface area contributed by atoms with E-state index in [2.05, 4.69) is 47.6 Å². The summed E-state index contributed by atoms with van der Waals surface area (Å²) in [6.45, 7) is 9.82. The van der Waals surface area contributed by atoms with Gasteiger partial charge in [-0.05, 0) is 45.9 Å². The first-order valence-corrected chi connectivity index (χ1v) is 9.13. The van der Waals surface area contributed by atoms with Crippen LogP contribution in [0.2, 0.25) is 0 Å². The first-order chi connectivity index (χ1) is 9.60. The molecule has 2 N–H and O–H groups in total. The molecule has 1 rings (SSSR count). The Bertz CT molecular complexity index is 299. The molecule has 21 heavy (non-hydrogen) atoms. The highest BCUT2D eigenvalue weighted by Gasteiger charge is 2.24. The van der Waals surface area contributed by atoms with E-state index < -0.39 is 0 Å². The average Bonchev–Trinajstić information content (AvgIpc) is 2.89. The Kier molecular flexibility index (Phi) is 12.0. The normalized spacial score (nSPS) is 22.5. The van der Waals surface area contributed by atoms with Crippen LogP contribution in [-0.2, 0) is 0 Å². The molecule has 0 aromatic carbocycles. The lowest BCUT2D eigenvalue weighted by Gasteiger charge is -2.25. The van der Waals surface area contributed by atoms with Crippen LogP contribution in [0, 0.1) is 0 Å². The van der Waals surface area contributed by atoms with Gasteiger partial charge in [-0.1, -0.05) is 6.92 Å². The summed E-state index contributed by atoms with van der Waals surface area (Å²) in [5.41, 5.74) is 0. The molecule has 0 radical (unpaired) electrons. The smallest absolute Gasteiger partial charge is 0.191 e. The number of guanidine groups is 1. The highest BCUT2D eigenvalue weighted by Crippen LogP contribution is 2.27. The number of aliphatic imine (C=N–C) groups is 1. The summed E-state index contributed by atoms with van der Waals surface area (Å²) in [7, 11) is 1.86. The van der Waals surface area contributed by atoms with E-state index in [9.17, 15) is 0 Å². The maximum Gasteiger partial charge on any atom is 0.191 e. The summed E-state index contributed by atoms with van der Waals surface area (Å²) in [5.74, 6) is 0.955. The van der Waals surface area contributed by atoms with Crippen LogP contribution in [0.4, 0.5) is 0 Å². The fourth-order valence-electron chi connectivity index (χ4n) is 2.77. The molecule has 1 fully saturated rings. The predicted octanol–water partition coefficient (Wildman–Crippen LogP) is 2.78. The number of halogens is 1. The van der Waals surface area contributed by atoms with Gasteiger partial charge < -0.3 is 10.6 Å². The molecule has 1 aliphatic rings. The van der Waals surface area contributed by atoms with E-state index in [4.69, 9.17) is 0 Å². The van der Waals surface area contributed by atoms with Crippen molar-refractivity contribution in [2.75, 3.05) is 32.9 Å². The Hall–Kier alpha value is 0.310. The number of nitrogens with zero attached hydrogens (tertiary/aromatic N) is 2. The van der Waals surface area contributed by atoms with Gasteiger partial charge in [-0.25, -0.2) is 0 Å². The molecule has 126 valence electrons. The lowest BCUT2D eigenvalue weighted by atomic mass is 10.2. The van der Waals surface area contributed by atoms with E-state index >= 15 is 0 Å². The molecule has 4 nitrogen and oxygen atoms in total. The topological polar surface area (TPSA) is 39.7 Å². The van der Waals surface area contributed by atoms with E-state index in [1.54, 1.807) is 0 Å². The van der Waals surface area contributed by atoms with Crippen LogP contribution < -0.4 is 10.6 Å². The number of hydrogen-bond donors (Lipinski definition) is 2. The van der Waals surface area contributed by atoms with Crippen molar-refractivity contribution in [1.82, 2.24) is 15.5 Å². The third kappa shape index (κ3) is 7.93. The number of thioether (sulfide) groups is 1. The van der Waals surface area contributed by atoms with Gasteiger partial charge in [0.1, 0.15) is 0 Å². The van der Waals surface area contributed by atoms with Gasteiger partial charge in [-0.15, -0.1) is 24.0 Å². The minimum Gasteiger partial charge on any atom is -0.355 e. The second kappa shape index (κ2) is 11.8. The molecule has 1 aliphatic carbocycles. The second-order valence-corrected chi connectivity index (χ2v) is 6.87. The zero-order chi connectivity index (χ0) is 15.0. The SMILES string of the molecule is CCN(CCNC(=NC)NC1CCC(SC)C1)C(C)C.I. The van der Waals surface area contributed by atoms with E-state index in [-0.39, 0.29) is 24.0 Å². The van der Waals surface area contributed by atoms with Crippen LogP contribution in [0.25, 0.3) is 0 Å². The minimum absolute atomic E-state index is 0. The predicted molar refractivity (Wildman–Crippen MR) is 107 cm³/mol. The Morgan fingerprint density at radius 1 is 1.38 bits per heavy atom. The molecule has 0 amide bonds. The Balaban J connectivity index is 0.00000400. The third-order valence-corrected chi connectivity index (χ3v) is 5.21. The monoisotopic (exact) mass is 428 g/mol. The number of likely N-dealkylation sites (N-methyl/N-ethyl adjacent to an activating group) is 1. The molecular weight excluding hydrogens is 395 g/mol. The summed E-state index contributed by atoms with van der Waals surface area (Å²) in [4.78, 5) is 6.80. The van der Waals surface area contributed by atoms with E-state index in [1.807, 2.05) is 18.8 Å². The molecule has 2 atom stereocenters. The summed E-state index contributed by atoms with van der Waals surface area (Å²) < 4.78 is 0. The van der Waals surface area contributed by atoms with E-state index in [0.29, 0.717) is 12.1 Å². The summed E-state index contributed by atoms with van der Waals surface area (Å²) in [6.07, 6.45) is 6.06. The maximum absolute atomic E-state index is 4.34. The number of rotatable bonds is 7.